The zero-order valence-electron chi connectivity index (χ0n) is 9.45. The lowest BCUT2D eigenvalue weighted by Gasteiger charge is -2.21. The van der Waals surface area contributed by atoms with Crippen LogP contribution in [0.4, 0.5) is 5.82 Å². The molecule has 0 aliphatic carbocycles. The molecular weight excluding hydrogens is 224 g/mol. The topological polar surface area (TPSA) is 50.7 Å². The van der Waals surface area contributed by atoms with Crippen LogP contribution in [0.2, 0.25) is 5.15 Å². The fourth-order valence-corrected chi connectivity index (χ4v) is 1.50. The molecule has 5 heteroatoms. The second-order valence-electron chi connectivity index (χ2n) is 4.60. The van der Waals surface area contributed by atoms with E-state index < -0.39 is 0 Å². The first-order valence-corrected chi connectivity index (χ1v) is 5.39. The highest BCUT2D eigenvalue weighted by Crippen LogP contribution is 2.23. The van der Waals surface area contributed by atoms with Gasteiger partial charge in [0.2, 0.25) is 0 Å². The van der Waals surface area contributed by atoms with Crippen LogP contribution in [0, 0.1) is 0 Å². The molecule has 4 nitrogen and oxygen atoms in total. The lowest BCUT2D eigenvalue weighted by molar-refractivity contribution is 0.630. The van der Waals surface area contributed by atoms with Gasteiger partial charge in [0.15, 0.2) is 11.0 Å². The van der Waals surface area contributed by atoms with E-state index in [0.717, 1.165) is 5.52 Å². The van der Waals surface area contributed by atoms with Crippen molar-refractivity contribution in [3.63, 3.8) is 0 Å². The van der Waals surface area contributed by atoms with Gasteiger partial charge < -0.3 is 5.32 Å². The number of nitrogens with zero attached hydrogens (tertiary/aromatic N) is 3. The zero-order chi connectivity index (χ0) is 11.8. The Hall–Kier alpha value is -1.42. The molecule has 0 unspecified atom stereocenters. The second-order valence-corrected chi connectivity index (χ2v) is 4.96. The monoisotopic (exact) mass is 236 g/mol. The van der Waals surface area contributed by atoms with Crippen molar-refractivity contribution in [1.82, 2.24) is 15.0 Å². The van der Waals surface area contributed by atoms with Crippen molar-refractivity contribution in [2.75, 3.05) is 5.32 Å². The molecule has 0 aliphatic heterocycles. The molecule has 0 spiro atoms. The molecule has 0 fully saturated rings. The summed E-state index contributed by atoms with van der Waals surface area (Å²) in [5.74, 6) is 0.605. The van der Waals surface area contributed by atoms with E-state index in [1.54, 1.807) is 12.4 Å². The van der Waals surface area contributed by atoms with Gasteiger partial charge in [-0.3, -0.25) is 4.98 Å². The molecular formula is C11H13ClN4. The smallest absolute Gasteiger partial charge is 0.172 e. The number of halogens is 1. The number of rotatable bonds is 1. The summed E-state index contributed by atoms with van der Waals surface area (Å²) in [4.78, 5) is 12.6. The van der Waals surface area contributed by atoms with Crippen LogP contribution in [-0.2, 0) is 0 Å². The molecule has 0 aliphatic rings. The Kier molecular flexibility index (Phi) is 2.68. The summed E-state index contributed by atoms with van der Waals surface area (Å²) in [6.45, 7) is 6.13. The first kappa shape index (κ1) is 11.1. The lowest BCUT2D eigenvalue weighted by Crippen LogP contribution is -2.27. The lowest BCUT2D eigenvalue weighted by atomic mass is 10.1. The van der Waals surface area contributed by atoms with Crippen LogP contribution in [0.1, 0.15) is 20.8 Å². The van der Waals surface area contributed by atoms with Gasteiger partial charge in [-0.2, -0.15) is 0 Å². The summed E-state index contributed by atoms with van der Waals surface area (Å²) < 4.78 is 0. The quantitative estimate of drug-likeness (QED) is 0.827. The van der Waals surface area contributed by atoms with E-state index >= 15 is 0 Å². The molecule has 0 aromatic carbocycles. The van der Waals surface area contributed by atoms with E-state index in [-0.39, 0.29) is 5.54 Å². The predicted octanol–water partition coefficient (Wildman–Crippen LogP) is 2.89. The normalized spacial score (nSPS) is 11.8. The molecule has 1 N–H and O–H groups in total. The SMILES string of the molecule is CC(C)(C)Nc1nc2ccncc2nc1Cl. The Balaban J connectivity index is 2.50. The third kappa shape index (κ3) is 2.39. The maximum atomic E-state index is 6.05. The Morgan fingerprint density at radius 3 is 2.62 bits per heavy atom. The Morgan fingerprint density at radius 1 is 1.19 bits per heavy atom. The molecule has 0 saturated carbocycles. The van der Waals surface area contributed by atoms with Gasteiger partial charge in [-0.25, -0.2) is 9.97 Å². The van der Waals surface area contributed by atoms with Crippen molar-refractivity contribution in [3.05, 3.63) is 23.6 Å². The van der Waals surface area contributed by atoms with Gasteiger partial charge in [0.25, 0.3) is 0 Å². The minimum atomic E-state index is -0.0982. The molecule has 0 atom stereocenters. The first-order chi connectivity index (χ1) is 7.46. The number of hydrogen-bond donors (Lipinski definition) is 1. The fourth-order valence-electron chi connectivity index (χ4n) is 1.32. The maximum absolute atomic E-state index is 6.05. The number of nitrogens with one attached hydrogen (secondary N) is 1. The van der Waals surface area contributed by atoms with Crippen molar-refractivity contribution in [1.29, 1.82) is 0 Å². The van der Waals surface area contributed by atoms with Gasteiger partial charge in [-0.05, 0) is 26.8 Å². The summed E-state index contributed by atoms with van der Waals surface area (Å²) in [7, 11) is 0. The number of anilines is 1. The van der Waals surface area contributed by atoms with Crippen LogP contribution in [0.3, 0.4) is 0 Å². The second kappa shape index (κ2) is 3.87. The van der Waals surface area contributed by atoms with Crippen LogP contribution in [0.25, 0.3) is 11.0 Å². The molecule has 84 valence electrons. The van der Waals surface area contributed by atoms with Gasteiger partial charge in [0, 0.05) is 11.7 Å². The predicted molar refractivity (Wildman–Crippen MR) is 65.7 cm³/mol. The average molecular weight is 237 g/mol. The molecule has 2 rings (SSSR count). The summed E-state index contributed by atoms with van der Waals surface area (Å²) in [6.07, 6.45) is 3.33. The zero-order valence-corrected chi connectivity index (χ0v) is 10.2. The summed E-state index contributed by atoms with van der Waals surface area (Å²) in [5, 5.41) is 3.59. The Morgan fingerprint density at radius 2 is 1.94 bits per heavy atom. The number of hydrogen-bond acceptors (Lipinski definition) is 4. The molecule has 2 aromatic rings. The van der Waals surface area contributed by atoms with Crippen molar-refractivity contribution in [2.24, 2.45) is 0 Å². The van der Waals surface area contributed by atoms with Crippen LogP contribution in [-0.4, -0.2) is 20.5 Å². The molecule has 2 heterocycles. The van der Waals surface area contributed by atoms with E-state index in [4.69, 9.17) is 11.6 Å². The van der Waals surface area contributed by atoms with Gasteiger partial charge in [-0.1, -0.05) is 11.6 Å². The van der Waals surface area contributed by atoms with E-state index in [9.17, 15) is 0 Å². The Labute approximate surface area is 99.1 Å². The third-order valence-electron chi connectivity index (χ3n) is 1.92. The summed E-state index contributed by atoms with van der Waals surface area (Å²) >= 11 is 6.05. The number of pyridine rings is 1. The molecule has 0 saturated heterocycles. The molecule has 0 radical (unpaired) electrons. The summed E-state index contributed by atoms with van der Waals surface area (Å²) in [6, 6.07) is 1.81. The summed E-state index contributed by atoms with van der Waals surface area (Å²) in [5.41, 5.74) is 1.39. The van der Waals surface area contributed by atoms with E-state index in [1.807, 2.05) is 26.8 Å². The highest BCUT2D eigenvalue weighted by atomic mass is 35.5. The van der Waals surface area contributed by atoms with Crippen molar-refractivity contribution in [3.8, 4) is 0 Å². The van der Waals surface area contributed by atoms with Crippen LogP contribution in [0.15, 0.2) is 18.5 Å². The van der Waals surface area contributed by atoms with E-state index in [2.05, 4.69) is 20.3 Å². The average Bonchev–Trinajstić information content (AvgIpc) is 2.17. The number of aromatic nitrogens is 3. The highest BCUT2D eigenvalue weighted by molar-refractivity contribution is 6.32. The van der Waals surface area contributed by atoms with Crippen molar-refractivity contribution in [2.45, 2.75) is 26.3 Å². The Bertz CT molecular complexity index is 519. The van der Waals surface area contributed by atoms with Crippen LogP contribution >= 0.6 is 11.6 Å². The van der Waals surface area contributed by atoms with Gasteiger partial charge in [0.05, 0.1) is 11.7 Å². The standard InChI is InChI=1S/C11H13ClN4/c1-11(2,3)16-10-9(12)14-8-6-13-5-4-7(8)15-10/h4-6H,1-3H3,(H,15,16). The molecule has 2 aromatic heterocycles. The van der Waals surface area contributed by atoms with Crippen molar-refractivity contribution >= 4 is 28.5 Å². The van der Waals surface area contributed by atoms with Gasteiger partial charge in [0.1, 0.15) is 5.52 Å². The molecule has 0 bridgehead atoms. The highest BCUT2D eigenvalue weighted by Gasteiger charge is 2.14. The van der Waals surface area contributed by atoms with Gasteiger partial charge in [-0.15, -0.1) is 0 Å². The maximum Gasteiger partial charge on any atom is 0.172 e. The van der Waals surface area contributed by atoms with E-state index in [1.165, 1.54) is 0 Å². The first-order valence-electron chi connectivity index (χ1n) is 5.01. The molecule has 16 heavy (non-hydrogen) atoms. The minimum Gasteiger partial charge on any atom is -0.363 e. The van der Waals surface area contributed by atoms with Crippen molar-refractivity contribution < 1.29 is 0 Å². The molecule has 0 amide bonds. The number of fused-ring (bicyclic) bond motifs is 1. The van der Waals surface area contributed by atoms with Gasteiger partial charge >= 0.3 is 0 Å². The largest absolute Gasteiger partial charge is 0.363 e. The van der Waals surface area contributed by atoms with Crippen LogP contribution in [0.5, 0.6) is 0 Å². The van der Waals surface area contributed by atoms with Crippen LogP contribution < -0.4 is 5.32 Å². The minimum absolute atomic E-state index is 0.0982. The fraction of sp³-hybridized carbons (Fsp3) is 0.364. The third-order valence-corrected chi connectivity index (χ3v) is 2.18. The van der Waals surface area contributed by atoms with E-state index in [0.29, 0.717) is 16.5 Å².